The first-order valence-corrected chi connectivity index (χ1v) is 21.4. The molecule has 62 heavy (non-hydrogen) atoms. The van der Waals surface area contributed by atoms with Crippen molar-refractivity contribution in [2.24, 2.45) is 11.8 Å². The summed E-state index contributed by atoms with van der Waals surface area (Å²) in [6.45, 7) is 0.509. The van der Waals surface area contributed by atoms with Crippen LogP contribution in [-0.2, 0) is 23.1 Å². The quantitative estimate of drug-likeness (QED) is 0.0622. The highest BCUT2D eigenvalue weighted by molar-refractivity contribution is 5.93. The molecular formula is C50H55N4O8-. The summed E-state index contributed by atoms with van der Waals surface area (Å²) in [6, 6.07) is 25.6. The van der Waals surface area contributed by atoms with Gasteiger partial charge < -0.3 is 50.6 Å². The topological polar surface area (TPSA) is 188 Å². The number of aryl methyl sites for hydroxylation is 1. The van der Waals surface area contributed by atoms with Crippen molar-refractivity contribution in [1.82, 2.24) is 15.3 Å². The van der Waals surface area contributed by atoms with Crippen molar-refractivity contribution in [2.45, 2.75) is 74.7 Å². The molecule has 1 aliphatic carbocycles. The minimum atomic E-state index is -1.09. The molecule has 2 aromatic heterocycles. The van der Waals surface area contributed by atoms with Gasteiger partial charge in [0.15, 0.2) is 23.0 Å². The molecular weight excluding hydrogens is 785 g/mol. The Morgan fingerprint density at radius 3 is 2.56 bits per heavy atom. The number of fused-ring (bicyclic) bond motifs is 6. The average molecular weight is 840 g/mol. The van der Waals surface area contributed by atoms with Crippen molar-refractivity contribution in [3.05, 3.63) is 125 Å². The Hall–Kier alpha value is -6.24. The van der Waals surface area contributed by atoms with E-state index in [-0.39, 0.29) is 59.2 Å². The minimum absolute atomic E-state index is 0.0116. The van der Waals surface area contributed by atoms with Crippen LogP contribution in [0, 0.1) is 11.8 Å². The molecule has 8 rings (SSSR count). The monoisotopic (exact) mass is 839 g/mol. The lowest BCUT2D eigenvalue weighted by Crippen LogP contribution is -2.50. The van der Waals surface area contributed by atoms with Crippen LogP contribution >= 0.6 is 0 Å². The molecule has 0 amide bonds. The van der Waals surface area contributed by atoms with Crippen molar-refractivity contribution in [1.29, 1.82) is 0 Å². The van der Waals surface area contributed by atoms with E-state index in [9.17, 15) is 25.5 Å². The number of carbonyl (C=O) groups is 1. The molecule has 324 valence electrons. The molecule has 1 saturated carbocycles. The van der Waals surface area contributed by atoms with Crippen LogP contribution in [0.25, 0.3) is 10.8 Å². The Morgan fingerprint density at radius 1 is 0.952 bits per heavy atom. The van der Waals surface area contributed by atoms with E-state index in [1.54, 1.807) is 48.8 Å². The van der Waals surface area contributed by atoms with Gasteiger partial charge in [-0.25, -0.2) is 4.98 Å². The van der Waals surface area contributed by atoms with Crippen LogP contribution in [0.3, 0.4) is 0 Å². The van der Waals surface area contributed by atoms with Crippen molar-refractivity contribution in [2.75, 3.05) is 33.1 Å². The number of phenolic OH excluding ortho intramolecular Hbond substituents is 4. The third kappa shape index (κ3) is 8.24. The molecule has 4 aromatic carbocycles. The lowest BCUT2D eigenvalue weighted by molar-refractivity contribution is -0.132. The van der Waals surface area contributed by atoms with Crippen LogP contribution in [0.2, 0.25) is 0 Å². The lowest BCUT2D eigenvalue weighted by atomic mass is 9.58. The SMILES string of the molecule is CNC[C@@H]1C[C@H](c2cc(O)c(O)c(OC)c2)CC(=O)[C@H]([C@H](O)CCc2ccc(O)c(OC)c2)[C@]2(CCC[C@H]2Cc2ccc[n-]2)c2ccnc(c2)Nc2ccc3cc(O)ccc3c21. The maximum absolute atomic E-state index is 15.9. The van der Waals surface area contributed by atoms with Crippen LogP contribution in [0.15, 0.2) is 97.3 Å². The number of hydrogen-bond donors (Lipinski definition) is 7. The lowest BCUT2D eigenvalue weighted by Gasteiger charge is -2.45. The Labute approximate surface area is 361 Å². The second-order valence-electron chi connectivity index (χ2n) is 17.0. The summed E-state index contributed by atoms with van der Waals surface area (Å²) in [5, 5.41) is 64.4. The van der Waals surface area contributed by atoms with Crippen LogP contribution in [-0.4, -0.2) is 70.2 Å². The zero-order valence-electron chi connectivity index (χ0n) is 35.3. The molecule has 6 aromatic rings. The molecule has 0 radical (unpaired) electrons. The number of nitrogens with zero attached hydrogens (tertiary/aromatic N) is 2. The van der Waals surface area contributed by atoms with E-state index in [2.05, 4.69) is 15.6 Å². The van der Waals surface area contributed by atoms with Crippen molar-refractivity contribution in [3.8, 4) is 34.5 Å². The summed E-state index contributed by atoms with van der Waals surface area (Å²) >= 11 is 0. The fraction of sp³-hybridized carbons (Fsp3) is 0.360. The second-order valence-corrected chi connectivity index (χ2v) is 17.0. The van der Waals surface area contributed by atoms with Gasteiger partial charge in [0.1, 0.15) is 17.4 Å². The van der Waals surface area contributed by atoms with E-state index >= 15 is 4.79 Å². The first-order valence-electron chi connectivity index (χ1n) is 21.4. The molecule has 2 bridgehead atoms. The third-order valence-electron chi connectivity index (χ3n) is 13.5. The number of likely N-dealkylation sites (N-methyl/N-ethyl adjacent to an activating group) is 1. The molecule has 1 fully saturated rings. The normalized spacial score (nSPS) is 22.0. The molecule has 12 heteroatoms. The summed E-state index contributed by atoms with van der Waals surface area (Å²) in [5.41, 5.74) is 4.25. The number of rotatable bonds is 11. The molecule has 0 saturated heterocycles. The summed E-state index contributed by atoms with van der Waals surface area (Å²) in [5.74, 6) is -1.37. The number of ether oxygens (including phenoxy) is 2. The molecule has 2 aliphatic rings. The largest absolute Gasteiger partial charge is 0.668 e. The van der Waals surface area contributed by atoms with Gasteiger partial charge in [0, 0.05) is 30.3 Å². The van der Waals surface area contributed by atoms with Gasteiger partial charge in [-0.3, -0.25) is 4.79 Å². The number of nitrogens with one attached hydrogen (secondary N) is 2. The van der Waals surface area contributed by atoms with Crippen molar-refractivity contribution < 1.29 is 39.8 Å². The van der Waals surface area contributed by atoms with E-state index in [1.165, 1.54) is 20.3 Å². The van der Waals surface area contributed by atoms with E-state index in [4.69, 9.17) is 14.5 Å². The number of benzene rings is 4. The number of hydrogen-bond acceptors (Lipinski definition) is 11. The van der Waals surface area contributed by atoms with Gasteiger partial charge in [-0.1, -0.05) is 36.8 Å². The number of aromatic nitrogens is 2. The van der Waals surface area contributed by atoms with Gasteiger partial charge in [-0.15, -0.1) is 0 Å². The summed E-state index contributed by atoms with van der Waals surface area (Å²) in [6.07, 6.45) is 6.51. The van der Waals surface area contributed by atoms with Gasteiger partial charge in [0.2, 0.25) is 5.75 Å². The fourth-order valence-corrected chi connectivity index (χ4v) is 10.7. The number of methoxy groups -OCH3 is 2. The van der Waals surface area contributed by atoms with Gasteiger partial charge >= 0.3 is 0 Å². The smallest absolute Gasteiger partial charge is 0.200 e. The molecule has 1 spiro atoms. The van der Waals surface area contributed by atoms with Crippen LogP contribution < -0.4 is 25.1 Å². The van der Waals surface area contributed by atoms with E-state index in [0.717, 1.165) is 51.7 Å². The highest BCUT2D eigenvalue weighted by Crippen LogP contribution is 2.55. The van der Waals surface area contributed by atoms with E-state index in [1.807, 2.05) is 49.5 Å². The fourth-order valence-electron chi connectivity index (χ4n) is 10.7. The number of anilines is 2. The number of pyridine rings is 1. The number of aliphatic hydroxyl groups is 1. The minimum Gasteiger partial charge on any atom is -0.668 e. The maximum atomic E-state index is 15.9. The number of ketones is 1. The Kier molecular flexibility index (Phi) is 12.3. The predicted molar refractivity (Wildman–Crippen MR) is 238 cm³/mol. The molecule has 6 atom stereocenters. The summed E-state index contributed by atoms with van der Waals surface area (Å²) < 4.78 is 10.9. The summed E-state index contributed by atoms with van der Waals surface area (Å²) in [7, 11) is 4.80. The third-order valence-corrected chi connectivity index (χ3v) is 13.5. The molecule has 3 heterocycles. The van der Waals surface area contributed by atoms with Crippen LogP contribution in [0.1, 0.15) is 78.3 Å². The first-order chi connectivity index (χ1) is 30.0. The van der Waals surface area contributed by atoms with E-state index < -0.39 is 23.4 Å². The predicted octanol–water partition coefficient (Wildman–Crippen LogP) is 8.12. The molecule has 1 aliphatic heterocycles. The van der Waals surface area contributed by atoms with Crippen molar-refractivity contribution >= 4 is 28.1 Å². The standard InChI is InChI=1S/C50H55N4O8/c1-51-28-33-21-31(32-24-43(59)49(60)45(25-32)62-3)23-42(58)48(41(57)15-9-29-8-14-40(56)44(20-29)61-2)50(17-4-6-34(50)26-36-7-5-18-52-36)35-16-19-53-46(27-35)54-39-13-10-30-22-37(55)11-12-38(30)47(33)39/h5,7-8,10-14,16,18-20,22,24-25,27,31,33-34,41,48,51,55-57,59-60H,4,6,9,15,17,21,23,26,28H2,1-3H3,(H,53,54)/q-1/t31-,33-,34-,41+,48-,50-/m0/s1. The maximum Gasteiger partial charge on any atom is 0.200 e. The zero-order chi connectivity index (χ0) is 43.5. The average Bonchev–Trinajstić information content (AvgIpc) is 3.94. The Balaban J connectivity index is 1.34. The van der Waals surface area contributed by atoms with Crippen molar-refractivity contribution in [3.63, 3.8) is 0 Å². The first kappa shape index (κ1) is 42.5. The summed E-state index contributed by atoms with van der Waals surface area (Å²) in [4.78, 5) is 25.4. The van der Waals surface area contributed by atoms with Crippen LogP contribution in [0.4, 0.5) is 11.5 Å². The van der Waals surface area contributed by atoms with Gasteiger partial charge in [0.05, 0.1) is 26.2 Å². The zero-order valence-corrected chi connectivity index (χ0v) is 35.3. The highest BCUT2D eigenvalue weighted by Gasteiger charge is 2.54. The Morgan fingerprint density at radius 2 is 1.79 bits per heavy atom. The second kappa shape index (κ2) is 18.0. The molecule has 7 N–H and O–H groups in total. The van der Waals surface area contributed by atoms with Gasteiger partial charge in [-0.2, -0.15) is 11.9 Å². The number of Topliss-reactive ketones (excluding diaryl/α,β-unsaturated/α-hetero) is 1. The van der Waals surface area contributed by atoms with E-state index in [0.29, 0.717) is 49.4 Å². The van der Waals surface area contributed by atoms with Crippen LogP contribution in [0.5, 0.6) is 34.5 Å². The number of phenols is 4. The van der Waals surface area contributed by atoms with Gasteiger partial charge in [-0.05, 0) is 151 Å². The number of carbonyl (C=O) groups excluding carboxylic acids is 1. The number of aliphatic hydroxyl groups excluding tert-OH is 1. The molecule has 12 nitrogen and oxygen atoms in total. The molecule has 0 unspecified atom stereocenters. The van der Waals surface area contributed by atoms with Gasteiger partial charge in [0.25, 0.3) is 0 Å². The Bertz CT molecular complexity index is 2540. The highest BCUT2D eigenvalue weighted by atomic mass is 16.5. The number of aromatic hydroxyl groups is 4.